The van der Waals surface area contributed by atoms with E-state index in [4.69, 9.17) is 9.84 Å². The van der Waals surface area contributed by atoms with Gasteiger partial charge in [-0.15, -0.1) is 0 Å². The first-order valence-electron chi connectivity index (χ1n) is 5.75. The summed E-state index contributed by atoms with van der Waals surface area (Å²) in [6.45, 7) is 2.61. The Hall–Kier alpha value is -1.06. The van der Waals surface area contributed by atoms with Crippen molar-refractivity contribution in [1.29, 1.82) is 0 Å². The van der Waals surface area contributed by atoms with Crippen molar-refractivity contribution in [2.45, 2.75) is 25.9 Å². The largest absolute Gasteiger partial charge is 0.493 e. The smallest absolute Gasteiger partial charge is 0.119 e. The highest BCUT2D eigenvalue weighted by Gasteiger charge is 2.20. The van der Waals surface area contributed by atoms with Gasteiger partial charge in [0.05, 0.1) is 12.7 Å². The Kier molecular flexibility index (Phi) is 3.46. The number of rotatable bonds is 4. The Balaban J connectivity index is 2.02. The van der Waals surface area contributed by atoms with Crippen molar-refractivity contribution in [3.8, 4) is 5.75 Å². The molecule has 1 aliphatic rings. The van der Waals surface area contributed by atoms with Gasteiger partial charge in [0.1, 0.15) is 5.75 Å². The Morgan fingerprint density at radius 1 is 1.50 bits per heavy atom. The Labute approximate surface area is 95.7 Å². The zero-order valence-corrected chi connectivity index (χ0v) is 9.52. The van der Waals surface area contributed by atoms with Gasteiger partial charge in [-0.3, -0.25) is 0 Å². The number of ether oxygens (including phenoxy) is 1. The van der Waals surface area contributed by atoms with E-state index < -0.39 is 0 Å². The SMILES string of the molecule is CC(CO)COc1ccc2c(c1)CC[C@H]2O. The van der Waals surface area contributed by atoms with E-state index in [9.17, 15) is 5.11 Å². The number of benzene rings is 1. The number of hydrogen-bond acceptors (Lipinski definition) is 3. The molecule has 0 heterocycles. The third-order valence-electron chi connectivity index (χ3n) is 3.01. The minimum Gasteiger partial charge on any atom is -0.493 e. The molecule has 1 unspecified atom stereocenters. The van der Waals surface area contributed by atoms with Crippen LogP contribution in [0.3, 0.4) is 0 Å². The third-order valence-corrected chi connectivity index (χ3v) is 3.01. The molecule has 1 aliphatic carbocycles. The highest BCUT2D eigenvalue weighted by atomic mass is 16.5. The molecule has 0 aromatic heterocycles. The second kappa shape index (κ2) is 4.85. The summed E-state index contributed by atoms with van der Waals surface area (Å²) in [6.07, 6.45) is 1.43. The Morgan fingerprint density at radius 3 is 3.06 bits per heavy atom. The van der Waals surface area contributed by atoms with Crippen LogP contribution in [0.5, 0.6) is 5.75 Å². The van der Waals surface area contributed by atoms with Gasteiger partial charge in [-0.25, -0.2) is 0 Å². The lowest BCUT2D eigenvalue weighted by atomic mass is 10.1. The molecule has 16 heavy (non-hydrogen) atoms. The van der Waals surface area contributed by atoms with Crippen LogP contribution in [0.2, 0.25) is 0 Å². The lowest BCUT2D eigenvalue weighted by molar-refractivity contribution is 0.174. The molecule has 0 aliphatic heterocycles. The van der Waals surface area contributed by atoms with Crippen molar-refractivity contribution in [2.75, 3.05) is 13.2 Å². The van der Waals surface area contributed by atoms with Crippen molar-refractivity contribution >= 4 is 0 Å². The summed E-state index contributed by atoms with van der Waals surface area (Å²) >= 11 is 0. The maximum absolute atomic E-state index is 9.65. The van der Waals surface area contributed by atoms with Crippen molar-refractivity contribution in [1.82, 2.24) is 0 Å². The number of hydrogen-bond donors (Lipinski definition) is 2. The summed E-state index contributed by atoms with van der Waals surface area (Å²) in [4.78, 5) is 0. The predicted molar refractivity (Wildman–Crippen MR) is 61.5 cm³/mol. The van der Waals surface area contributed by atoms with Gasteiger partial charge in [0.15, 0.2) is 0 Å². The van der Waals surface area contributed by atoms with Gasteiger partial charge in [0.25, 0.3) is 0 Å². The van der Waals surface area contributed by atoms with Gasteiger partial charge in [-0.1, -0.05) is 13.0 Å². The quantitative estimate of drug-likeness (QED) is 0.814. The van der Waals surface area contributed by atoms with Crippen LogP contribution in [0.25, 0.3) is 0 Å². The number of aliphatic hydroxyl groups is 2. The van der Waals surface area contributed by atoms with Crippen LogP contribution < -0.4 is 4.74 Å². The molecule has 0 saturated carbocycles. The lowest BCUT2D eigenvalue weighted by Gasteiger charge is -2.12. The normalized spacial score (nSPS) is 20.6. The van der Waals surface area contributed by atoms with E-state index in [-0.39, 0.29) is 18.6 Å². The van der Waals surface area contributed by atoms with E-state index in [1.165, 1.54) is 5.56 Å². The van der Waals surface area contributed by atoms with Crippen molar-refractivity contribution in [3.05, 3.63) is 29.3 Å². The summed E-state index contributed by atoms with van der Waals surface area (Å²) in [7, 11) is 0. The minimum atomic E-state index is -0.305. The summed E-state index contributed by atoms with van der Waals surface area (Å²) in [6, 6.07) is 5.82. The molecule has 2 rings (SSSR count). The van der Waals surface area contributed by atoms with Crippen LogP contribution in [0, 0.1) is 5.92 Å². The van der Waals surface area contributed by atoms with E-state index >= 15 is 0 Å². The molecular formula is C13H18O3. The van der Waals surface area contributed by atoms with Crippen LogP contribution in [-0.4, -0.2) is 23.4 Å². The number of aliphatic hydroxyl groups excluding tert-OH is 2. The first kappa shape index (κ1) is 11.4. The van der Waals surface area contributed by atoms with Gasteiger partial charge >= 0.3 is 0 Å². The van der Waals surface area contributed by atoms with Gasteiger partial charge in [0.2, 0.25) is 0 Å². The number of fused-ring (bicyclic) bond motifs is 1. The van der Waals surface area contributed by atoms with Crippen LogP contribution >= 0.6 is 0 Å². The average molecular weight is 222 g/mol. The Bertz CT molecular complexity index is 362. The topological polar surface area (TPSA) is 49.7 Å². The van der Waals surface area contributed by atoms with Crippen LogP contribution in [-0.2, 0) is 6.42 Å². The number of aryl methyl sites for hydroxylation is 1. The second-order valence-electron chi connectivity index (χ2n) is 4.51. The predicted octanol–water partition coefficient (Wildman–Crippen LogP) is 1.67. The minimum absolute atomic E-state index is 0.143. The summed E-state index contributed by atoms with van der Waals surface area (Å²) in [5.74, 6) is 0.979. The van der Waals surface area contributed by atoms with E-state index in [1.807, 2.05) is 25.1 Å². The molecule has 0 spiro atoms. The third kappa shape index (κ3) is 2.36. The van der Waals surface area contributed by atoms with Crippen molar-refractivity contribution in [2.24, 2.45) is 5.92 Å². The van der Waals surface area contributed by atoms with Crippen molar-refractivity contribution in [3.63, 3.8) is 0 Å². The zero-order valence-electron chi connectivity index (χ0n) is 9.52. The maximum Gasteiger partial charge on any atom is 0.119 e. The molecular weight excluding hydrogens is 204 g/mol. The molecule has 0 bridgehead atoms. The maximum atomic E-state index is 9.65. The lowest BCUT2D eigenvalue weighted by Crippen LogP contribution is -2.12. The fraction of sp³-hybridized carbons (Fsp3) is 0.538. The molecule has 0 fully saturated rings. The molecule has 0 radical (unpaired) electrons. The van der Waals surface area contributed by atoms with Crippen LogP contribution in [0.1, 0.15) is 30.6 Å². The van der Waals surface area contributed by atoms with E-state index in [2.05, 4.69) is 0 Å². The average Bonchev–Trinajstić information content (AvgIpc) is 2.67. The van der Waals surface area contributed by atoms with Gasteiger partial charge in [0, 0.05) is 12.5 Å². The molecule has 1 aromatic rings. The standard InChI is InChI=1S/C13H18O3/c1-9(7-14)8-16-11-3-4-12-10(6-11)2-5-13(12)15/h3-4,6,9,13-15H,2,5,7-8H2,1H3/t9?,13-/m1/s1. The van der Waals surface area contributed by atoms with E-state index in [1.54, 1.807) is 0 Å². The molecule has 0 amide bonds. The van der Waals surface area contributed by atoms with E-state index in [0.717, 1.165) is 24.2 Å². The summed E-state index contributed by atoms with van der Waals surface area (Å²) in [5, 5.41) is 18.5. The van der Waals surface area contributed by atoms with Crippen molar-refractivity contribution < 1.29 is 14.9 Å². The fourth-order valence-corrected chi connectivity index (χ4v) is 1.95. The van der Waals surface area contributed by atoms with Crippen LogP contribution in [0.4, 0.5) is 0 Å². The molecule has 0 saturated heterocycles. The van der Waals surface area contributed by atoms with Crippen LogP contribution in [0.15, 0.2) is 18.2 Å². The van der Waals surface area contributed by atoms with Gasteiger partial charge in [-0.2, -0.15) is 0 Å². The highest BCUT2D eigenvalue weighted by molar-refractivity contribution is 5.39. The Morgan fingerprint density at radius 2 is 2.31 bits per heavy atom. The molecule has 2 N–H and O–H groups in total. The molecule has 1 aromatic carbocycles. The highest BCUT2D eigenvalue weighted by Crippen LogP contribution is 2.33. The molecule has 2 atom stereocenters. The fourth-order valence-electron chi connectivity index (χ4n) is 1.95. The van der Waals surface area contributed by atoms with Gasteiger partial charge < -0.3 is 14.9 Å². The monoisotopic (exact) mass is 222 g/mol. The molecule has 88 valence electrons. The second-order valence-corrected chi connectivity index (χ2v) is 4.51. The summed E-state index contributed by atoms with van der Waals surface area (Å²) < 4.78 is 5.58. The van der Waals surface area contributed by atoms with E-state index in [0.29, 0.717) is 6.61 Å². The first-order valence-corrected chi connectivity index (χ1v) is 5.75. The first-order chi connectivity index (χ1) is 7.70. The molecule has 3 nitrogen and oxygen atoms in total. The zero-order chi connectivity index (χ0) is 11.5. The van der Waals surface area contributed by atoms with Gasteiger partial charge in [-0.05, 0) is 36.1 Å². The summed E-state index contributed by atoms with van der Waals surface area (Å²) in [5.41, 5.74) is 2.21. The molecule has 3 heteroatoms.